The molecule has 2 N–H and O–H groups in total. The minimum atomic E-state index is -0.128. The zero-order chi connectivity index (χ0) is 10.8. The normalized spacial score (nSPS) is 21.7. The summed E-state index contributed by atoms with van der Waals surface area (Å²) < 4.78 is 5.07. The number of hydrogen-bond acceptors (Lipinski definition) is 3. The molecule has 1 amide bonds. The first kappa shape index (κ1) is 10.5. The van der Waals surface area contributed by atoms with Crippen molar-refractivity contribution in [3.8, 4) is 0 Å². The quantitative estimate of drug-likeness (QED) is 0.793. The van der Waals surface area contributed by atoms with Crippen molar-refractivity contribution in [3.63, 3.8) is 0 Å². The van der Waals surface area contributed by atoms with Crippen molar-refractivity contribution in [2.24, 2.45) is 5.73 Å². The topological polar surface area (TPSA) is 59.5 Å². The lowest BCUT2D eigenvalue weighted by molar-refractivity contribution is 0.0677. The van der Waals surface area contributed by atoms with Gasteiger partial charge in [0, 0.05) is 19.1 Å². The van der Waals surface area contributed by atoms with Crippen LogP contribution in [-0.2, 0) is 0 Å². The average Bonchev–Trinajstić information content (AvgIpc) is 2.64. The van der Waals surface area contributed by atoms with Crippen LogP contribution < -0.4 is 5.73 Å². The lowest BCUT2D eigenvalue weighted by Crippen LogP contribution is -2.45. The Morgan fingerprint density at radius 2 is 2.40 bits per heavy atom. The van der Waals surface area contributed by atoms with Crippen molar-refractivity contribution in [2.45, 2.75) is 18.9 Å². The molecule has 0 aliphatic carbocycles. The number of furan rings is 1. The van der Waals surface area contributed by atoms with Gasteiger partial charge in [0.25, 0.3) is 5.91 Å². The summed E-state index contributed by atoms with van der Waals surface area (Å²) in [6.45, 7) is 1.34. The van der Waals surface area contributed by atoms with Crippen molar-refractivity contribution in [3.05, 3.63) is 23.1 Å². The van der Waals surface area contributed by atoms with E-state index in [2.05, 4.69) is 0 Å². The Morgan fingerprint density at radius 3 is 3.00 bits per heavy atom. The number of rotatable bonds is 1. The highest BCUT2D eigenvalue weighted by Gasteiger charge is 2.24. The number of hydrogen-bond donors (Lipinski definition) is 1. The number of amides is 1. The molecule has 5 heteroatoms. The number of likely N-dealkylation sites (tertiary alicyclic amines) is 1. The van der Waals surface area contributed by atoms with E-state index in [4.69, 9.17) is 21.8 Å². The third-order valence-corrected chi connectivity index (χ3v) is 2.73. The molecule has 1 aliphatic heterocycles. The fraction of sp³-hybridized carbons (Fsp3) is 0.500. The second-order valence-corrected chi connectivity index (χ2v) is 4.13. The van der Waals surface area contributed by atoms with E-state index in [9.17, 15) is 4.79 Å². The Labute approximate surface area is 93.0 Å². The summed E-state index contributed by atoms with van der Waals surface area (Å²) in [6.07, 6.45) is 1.92. The van der Waals surface area contributed by atoms with Crippen molar-refractivity contribution < 1.29 is 9.21 Å². The fourth-order valence-corrected chi connectivity index (χ4v) is 1.93. The van der Waals surface area contributed by atoms with E-state index in [1.54, 1.807) is 17.0 Å². The van der Waals surface area contributed by atoms with Gasteiger partial charge in [-0.1, -0.05) is 0 Å². The first-order chi connectivity index (χ1) is 7.16. The van der Waals surface area contributed by atoms with Gasteiger partial charge < -0.3 is 15.1 Å². The van der Waals surface area contributed by atoms with Gasteiger partial charge in [-0.2, -0.15) is 0 Å². The van der Waals surface area contributed by atoms with Gasteiger partial charge in [-0.15, -0.1) is 0 Å². The first-order valence-electron chi connectivity index (χ1n) is 4.97. The van der Waals surface area contributed by atoms with E-state index < -0.39 is 0 Å². The van der Waals surface area contributed by atoms with Gasteiger partial charge >= 0.3 is 0 Å². The van der Waals surface area contributed by atoms with Crippen LogP contribution in [0.3, 0.4) is 0 Å². The highest BCUT2D eigenvalue weighted by molar-refractivity contribution is 6.29. The van der Waals surface area contributed by atoms with E-state index in [1.807, 2.05) is 0 Å². The van der Waals surface area contributed by atoms with Gasteiger partial charge in [-0.05, 0) is 36.6 Å². The predicted molar refractivity (Wildman–Crippen MR) is 56.8 cm³/mol. The van der Waals surface area contributed by atoms with Crippen LogP contribution >= 0.6 is 11.6 Å². The predicted octanol–water partition coefficient (Wildman–Crippen LogP) is 1.50. The van der Waals surface area contributed by atoms with Crippen molar-refractivity contribution in [2.75, 3.05) is 13.1 Å². The summed E-state index contributed by atoms with van der Waals surface area (Å²) in [5.74, 6) is 0.158. The van der Waals surface area contributed by atoms with Crippen LogP contribution in [0, 0.1) is 0 Å². The highest BCUT2D eigenvalue weighted by Crippen LogP contribution is 2.17. The molecule has 1 fully saturated rings. The smallest absolute Gasteiger partial charge is 0.289 e. The Morgan fingerprint density at radius 1 is 1.60 bits per heavy atom. The van der Waals surface area contributed by atoms with E-state index in [-0.39, 0.29) is 22.9 Å². The van der Waals surface area contributed by atoms with Gasteiger partial charge in [0.15, 0.2) is 11.0 Å². The summed E-state index contributed by atoms with van der Waals surface area (Å²) in [4.78, 5) is 13.6. The van der Waals surface area contributed by atoms with Crippen molar-refractivity contribution in [1.82, 2.24) is 4.90 Å². The van der Waals surface area contributed by atoms with Crippen molar-refractivity contribution in [1.29, 1.82) is 0 Å². The number of piperidine rings is 1. The summed E-state index contributed by atoms with van der Waals surface area (Å²) >= 11 is 5.61. The minimum Gasteiger partial charge on any atom is -0.440 e. The molecule has 15 heavy (non-hydrogen) atoms. The number of nitrogens with two attached hydrogens (primary N) is 1. The highest BCUT2D eigenvalue weighted by atomic mass is 35.5. The molecular formula is C10H13ClN2O2. The van der Waals surface area contributed by atoms with E-state index in [0.717, 1.165) is 19.4 Å². The maximum atomic E-state index is 11.9. The lowest BCUT2D eigenvalue weighted by Gasteiger charge is -2.29. The standard InChI is InChI=1S/C10H13ClN2O2/c11-9-4-3-8(15-9)10(14)13-5-1-2-7(12)6-13/h3-4,7H,1-2,5-6,12H2/t7-/m1/s1. The van der Waals surface area contributed by atoms with E-state index >= 15 is 0 Å². The van der Waals surface area contributed by atoms with Gasteiger partial charge in [-0.3, -0.25) is 4.79 Å². The molecule has 0 bridgehead atoms. The number of halogens is 1. The number of carbonyl (C=O) groups is 1. The molecule has 82 valence electrons. The monoisotopic (exact) mass is 228 g/mol. The molecule has 2 heterocycles. The summed E-state index contributed by atoms with van der Waals surface area (Å²) in [7, 11) is 0. The van der Waals surface area contributed by atoms with Crippen molar-refractivity contribution >= 4 is 17.5 Å². The van der Waals surface area contributed by atoms with Crippen LogP contribution in [0.2, 0.25) is 5.22 Å². The Kier molecular flexibility index (Phi) is 2.98. The van der Waals surface area contributed by atoms with Gasteiger partial charge in [0.05, 0.1) is 0 Å². The molecule has 0 unspecified atom stereocenters. The molecule has 0 radical (unpaired) electrons. The zero-order valence-electron chi connectivity index (χ0n) is 8.28. The third kappa shape index (κ3) is 2.33. The number of nitrogens with zero attached hydrogens (tertiary/aromatic N) is 1. The largest absolute Gasteiger partial charge is 0.440 e. The Balaban J connectivity index is 2.07. The van der Waals surface area contributed by atoms with Crippen LogP contribution in [0.25, 0.3) is 0 Å². The maximum Gasteiger partial charge on any atom is 0.289 e. The second kappa shape index (κ2) is 4.24. The number of carbonyl (C=O) groups excluding carboxylic acids is 1. The van der Waals surface area contributed by atoms with E-state index in [0.29, 0.717) is 6.54 Å². The Hall–Kier alpha value is -1.00. The summed E-state index contributed by atoms with van der Waals surface area (Å²) in [5, 5.41) is 0.236. The van der Waals surface area contributed by atoms with E-state index in [1.165, 1.54) is 0 Å². The minimum absolute atomic E-state index is 0.0770. The molecule has 0 spiro atoms. The zero-order valence-corrected chi connectivity index (χ0v) is 9.04. The first-order valence-corrected chi connectivity index (χ1v) is 5.35. The van der Waals surface area contributed by atoms with Crippen LogP contribution in [-0.4, -0.2) is 29.9 Å². The lowest BCUT2D eigenvalue weighted by atomic mass is 10.1. The average molecular weight is 229 g/mol. The third-order valence-electron chi connectivity index (χ3n) is 2.53. The van der Waals surface area contributed by atoms with Gasteiger partial charge in [0.1, 0.15) is 0 Å². The molecule has 1 aromatic heterocycles. The SMILES string of the molecule is N[C@@H]1CCCN(C(=O)c2ccc(Cl)o2)C1. The summed E-state index contributed by atoms with van der Waals surface area (Å²) in [5.41, 5.74) is 5.80. The molecular weight excluding hydrogens is 216 g/mol. The maximum absolute atomic E-state index is 11.9. The molecule has 2 rings (SSSR count). The molecule has 1 saturated heterocycles. The Bertz CT molecular complexity index is 364. The van der Waals surface area contributed by atoms with Gasteiger partial charge in [-0.25, -0.2) is 0 Å². The molecule has 1 aromatic rings. The molecule has 1 atom stereocenters. The molecule has 0 saturated carbocycles. The molecule has 4 nitrogen and oxygen atoms in total. The fourth-order valence-electron chi connectivity index (χ4n) is 1.78. The van der Waals surface area contributed by atoms with Crippen LogP contribution in [0.1, 0.15) is 23.4 Å². The molecule has 1 aliphatic rings. The van der Waals surface area contributed by atoms with Crippen LogP contribution in [0.5, 0.6) is 0 Å². The second-order valence-electron chi connectivity index (χ2n) is 3.76. The van der Waals surface area contributed by atoms with Crippen LogP contribution in [0.4, 0.5) is 0 Å². The van der Waals surface area contributed by atoms with Gasteiger partial charge in [0.2, 0.25) is 0 Å². The van der Waals surface area contributed by atoms with Crippen LogP contribution in [0.15, 0.2) is 16.5 Å². The summed E-state index contributed by atoms with van der Waals surface area (Å²) in [6, 6.07) is 3.23. The molecule has 0 aromatic carbocycles.